The van der Waals surface area contributed by atoms with Crippen LogP contribution < -0.4 is 11.3 Å². The van der Waals surface area contributed by atoms with Gasteiger partial charge in [0.1, 0.15) is 5.82 Å². The van der Waals surface area contributed by atoms with Crippen LogP contribution in [-0.2, 0) is 5.75 Å². The number of halogens is 1. The van der Waals surface area contributed by atoms with Gasteiger partial charge in [-0.15, -0.1) is 0 Å². The van der Waals surface area contributed by atoms with Crippen molar-refractivity contribution in [1.29, 1.82) is 0 Å². The number of aromatic amines is 1. The van der Waals surface area contributed by atoms with E-state index in [1.54, 1.807) is 18.2 Å². The topological polar surface area (TPSA) is 84.1 Å². The summed E-state index contributed by atoms with van der Waals surface area (Å²) < 4.78 is 0. The highest BCUT2D eigenvalue weighted by Crippen LogP contribution is 2.20. The molecule has 0 spiro atoms. The number of fused-ring (bicyclic) bond motifs is 1. The summed E-state index contributed by atoms with van der Waals surface area (Å²) in [5.41, 5.74) is 9.54. The van der Waals surface area contributed by atoms with Crippen LogP contribution in [0.4, 0.5) is 5.69 Å². The molecule has 0 atom stereocenters. The Morgan fingerprint density at radius 3 is 2.80 bits per heavy atom. The maximum Gasteiger partial charge on any atom is 0.258 e. The van der Waals surface area contributed by atoms with Crippen LogP contribution in [0.1, 0.15) is 17.0 Å². The number of benzene rings is 2. The summed E-state index contributed by atoms with van der Waals surface area (Å²) in [6.45, 7) is 4.08. The second kappa shape index (κ2) is 7.29. The molecule has 0 aliphatic heterocycles. The zero-order valence-corrected chi connectivity index (χ0v) is 15.4. The Hall–Kier alpha value is -2.31. The molecule has 25 heavy (non-hydrogen) atoms. The zero-order valence-electron chi connectivity index (χ0n) is 13.8. The highest BCUT2D eigenvalue weighted by molar-refractivity contribution is 8.13. The average Bonchev–Trinajstić information content (AvgIpc) is 2.56. The van der Waals surface area contributed by atoms with Gasteiger partial charge in [0.05, 0.1) is 22.3 Å². The monoisotopic (exact) mass is 372 g/mol. The number of aliphatic imine (C=N–C) groups is 1. The first kappa shape index (κ1) is 17.5. The molecule has 1 heterocycles. The molecule has 0 bridgehead atoms. The lowest BCUT2D eigenvalue weighted by Crippen LogP contribution is -2.13. The molecule has 7 heteroatoms. The fourth-order valence-electron chi connectivity index (χ4n) is 2.33. The third kappa shape index (κ3) is 4.21. The van der Waals surface area contributed by atoms with Crippen LogP contribution in [0.3, 0.4) is 0 Å². The third-order valence-corrected chi connectivity index (χ3v) is 4.84. The normalized spacial score (nSPS) is 11.9. The Morgan fingerprint density at radius 1 is 1.24 bits per heavy atom. The second-order valence-electron chi connectivity index (χ2n) is 5.68. The van der Waals surface area contributed by atoms with Crippen LogP contribution in [0.2, 0.25) is 5.02 Å². The van der Waals surface area contributed by atoms with Gasteiger partial charge in [-0.1, -0.05) is 29.4 Å². The van der Waals surface area contributed by atoms with Gasteiger partial charge in [-0.05, 0) is 55.3 Å². The molecule has 0 saturated heterocycles. The number of nitrogens with two attached hydrogens (primary N) is 1. The van der Waals surface area contributed by atoms with Crippen molar-refractivity contribution in [2.75, 3.05) is 0 Å². The number of thioether (sulfide) groups is 1. The van der Waals surface area contributed by atoms with Gasteiger partial charge in [0, 0.05) is 5.02 Å². The minimum Gasteiger partial charge on any atom is -0.378 e. The number of amidine groups is 1. The van der Waals surface area contributed by atoms with E-state index >= 15 is 0 Å². The summed E-state index contributed by atoms with van der Waals surface area (Å²) in [5.74, 6) is 0.945. The number of nitrogens with zero attached hydrogens (tertiary/aromatic N) is 2. The minimum atomic E-state index is -0.193. The molecule has 3 aromatic rings. The van der Waals surface area contributed by atoms with Crippen molar-refractivity contribution in [3.05, 3.63) is 68.7 Å². The summed E-state index contributed by atoms with van der Waals surface area (Å²) in [6, 6.07) is 10.9. The molecular weight excluding hydrogens is 356 g/mol. The lowest BCUT2D eigenvalue weighted by atomic mass is 10.1. The highest BCUT2D eigenvalue weighted by Gasteiger charge is 2.06. The molecule has 5 nitrogen and oxygen atoms in total. The van der Waals surface area contributed by atoms with Gasteiger partial charge in [0.25, 0.3) is 5.56 Å². The van der Waals surface area contributed by atoms with E-state index in [1.807, 2.05) is 25.1 Å². The van der Waals surface area contributed by atoms with Crippen molar-refractivity contribution in [3.63, 3.8) is 0 Å². The molecule has 0 amide bonds. The Bertz CT molecular complexity index is 1030. The van der Waals surface area contributed by atoms with E-state index < -0.39 is 0 Å². The molecule has 0 unspecified atom stereocenters. The Morgan fingerprint density at radius 2 is 2.04 bits per heavy atom. The first-order valence-electron chi connectivity index (χ1n) is 7.65. The molecule has 2 aromatic carbocycles. The predicted octanol–water partition coefficient (Wildman–Crippen LogP) is 4.07. The lowest BCUT2D eigenvalue weighted by molar-refractivity contribution is 1.04. The Kier molecular flexibility index (Phi) is 5.11. The van der Waals surface area contributed by atoms with Crippen LogP contribution >= 0.6 is 23.4 Å². The van der Waals surface area contributed by atoms with Crippen molar-refractivity contribution < 1.29 is 0 Å². The van der Waals surface area contributed by atoms with E-state index in [4.69, 9.17) is 17.3 Å². The maximum atomic E-state index is 12.1. The van der Waals surface area contributed by atoms with Crippen LogP contribution in [0.25, 0.3) is 10.9 Å². The molecule has 0 radical (unpaired) electrons. The number of rotatable bonds is 3. The number of H-pyrrole nitrogens is 1. The van der Waals surface area contributed by atoms with Crippen molar-refractivity contribution in [1.82, 2.24) is 9.97 Å². The SMILES string of the molecule is Cc1ccc(N=C(N)SCc2nc3cc(Cl)ccc3c(=O)[nH]2)cc1C. The molecule has 3 N–H and O–H groups in total. The smallest absolute Gasteiger partial charge is 0.258 e. The molecule has 0 aliphatic carbocycles. The van der Waals surface area contributed by atoms with Crippen LogP contribution in [0.15, 0.2) is 46.2 Å². The van der Waals surface area contributed by atoms with Gasteiger partial charge in [-0.2, -0.15) is 0 Å². The summed E-state index contributed by atoms with van der Waals surface area (Å²) in [7, 11) is 0. The Balaban J connectivity index is 1.78. The number of hydrogen-bond acceptors (Lipinski definition) is 4. The van der Waals surface area contributed by atoms with E-state index in [1.165, 1.54) is 17.3 Å². The standard InChI is InChI=1S/C18H17ClN4OS/c1-10-3-5-13(7-11(10)2)21-18(20)25-9-16-22-15-8-12(19)4-6-14(15)17(24)23-16/h3-8H,9H2,1-2H3,(H2,20,21)(H,22,23,24). The van der Waals surface area contributed by atoms with E-state index in [-0.39, 0.29) is 5.56 Å². The summed E-state index contributed by atoms with van der Waals surface area (Å²) >= 11 is 7.29. The van der Waals surface area contributed by atoms with E-state index in [0.29, 0.717) is 32.7 Å². The van der Waals surface area contributed by atoms with E-state index in [0.717, 1.165) is 11.3 Å². The highest BCUT2D eigenvalue weighted by atomic mass is 35.5. The molecule has 3 rings (SSSR count). The number of nitrogens with one attached hydrogen (secondary N) is 1. The van der Waals surface area contributed by atoms with Crippen molar-refractivity contribution in [2.24, 2.45) is 10.7 Å². The average molecular weight is 373 g/mol. The first-order chi connectivity index (χ1) is 11.9. The van der Waals surface area contributed by atoms with Gasteiger partial charge in [0.15, 0.2) is 5.17 Å². The Labute approximate surface area is 154 Å². The van der Waals surface area contributed by atoms with Crippen molar-refractivity contribution >= 4 is 45.1 Å². The summed E-state index contributed by atoms with van der Waals surface area (Å²) in [6.07, 6.45) is 0. The summed E-state index contributed by atoms with van der Waals surface area (Å²) in [5, 5.41) is 1.46. The minimum absolute atomic E-state index is 0.193. The third-order valence-electron chi connectivity index (χ3n) is 3.80. The first-order valence-corrected chi connectivity index (χ1v) is 9.01. The number of hydrogen-bond donors (Lipinski definition) is 2. The largest absolute Gasteiger partial charge is 0.378 e. The lowest BCUT2D eigenvalue weighted by Gasteiger charge is -2.05. The van der Waals surface area contributed by atoms with Gasteiger partial charge in [-0.3, -0.25) is 4.79 Å². The maximum absolute atomic E-state index is 12.1. The molecule has 128 valence electrons. The number of aryl methyl sites for hydroxylation is 2. The molecule has 0 aliphatic rings. The van der Waals surface area contributed by atoms with Crippen LogP contribution in [-0.4, -0.2) is 15.1 Å². The molecular formula is C18H17ClN4OS. The number of aromatic nitrogens is 2. The van der Waals surface area contributed by atoms with Gasteiger partial charge < -0.3 is 10.7 Å². The van der Waals surface area contributed by atoms with Gasteiger partial charge in [0.2, 0.25) is 0 Å². The van der Waals surface area contributed by atoms with E-state index in [9.17, 15) is 4.79 Å². The second-order valence-corrected chi connectivity index (χ2v) is 7.11. The van der Waals surface area contributed by atoms with Gasteiger partial charge >= 0.3 is 0 Å². The van der Waals surface area contributed by atoms with Crippen molar-refractivity contribution in [3.8, 4) is 0 Å². The van der Waals surface area contributed by atoms with Crippen molar-refractivity contribution in [2.45, 2.75) is 19.6 Å². The van der Waals surface area contributed by atoms with Crippen LogP contribution in [0, 0.1) is 13.8 Å². The van der Waals surface area contributed by atoms with Gasteiger partial charge in [-0.25, -0.2) is 9.98 Å². The quantitative estimate of drug-likeness (QED) is 0.536. The molecule has 0 saturated carbocycles. The van der Waals surface area contributed by atoms with Crippen LogP contribution in [0.5, 0.6) is 0 Å². The molecule has 1 aromatic heterocycles. The fourth-order valence-corrected chi connectivity index (χ4v) is 3.08. The summed E-state index contributed by atoms with van der Waals surface area (Å²) in [4.78, 5) is 23.7. The zero-order chi connectivity index (χ0) is 18.0. The molecule has 0 fully saturated rings. The van der Waals surface area contributed by atoms with E-state index in [2.05, 4.69) is 21.9 Å². The fraction of sp³-hybridized carbons (Fsp3) is 0.167. The predicted molar refractivity (Wildman–Crippen MR) is 106 cm³/mol.